The number of nitrogens with two attached hydrogens (primary N) is 1. The van der Waals surface area contributed by atoms with Gasteiger partial charge in [0.1, 0.15) is 5.75 Å². The summed E-state index contributed by atoms with van der Waals surface area (Å²) in [5.74, 6) is 1.10. The first-order chi connectivity index (χ1) is 9.05. The Hall–Kier alpha value is -1.55. The lowest BCUT2D eigenvalue weighted by molar-refractivity contribution is -0.129. The maximum Gasteiger partial charge on any atom is 0.261 e. The van der Waals surface area contributed by atoms with Crippen molar-refractivity contribution in [1.82, 2.24) is 5.32 Å². The van der Waals surface area contributed by atoms with E-state index in [1.165, 1.54) is 0 Å². The van der Waals surface area contributed by atoms with E-state index in [0.29, 0.717) is 18.2 Å². The SMILES string of the molecule is CC(Oc1ccccc1)C(=O)NC(C)(CN)C1CC1. The molecule has 0 heterocycles. The molecule has 1 aromatic rings. The summed E-state index contributed by atoms with van der Waals surface area (Å²) in [6.07, 6.45) is 1.76. The van der Waals surface area contributed by atoms with Crippen LogP contribution >= 0.6 is 0 Å². The molecule has 0 saturated heterocycles. The van der Waals surface area contributed by atoms with E-state index in [-0.39, 0.29) is 11.4 Å². The fraction of sp³-hybridized carbons (Fsp3) is 0.533. The Morgan fingerprint density at radius 2 is 2.11 bits per heavy atom. The van der Waals surface area contributed by atoms with Crippen molar-refractivity contribution in [2.24, 2.45) is 11.7 Å². The molecular weight excluding hydrogens is 240 g/mol. The molecule has 1 aliphatic rings. The topological polar surface area (TPSA) is 64.3 Å². The molecular formula is C15H22N2O2. The molecule has 1 fully saturated rings. The lowest BCUT2D eigenvalue weighted by Crippen LogP contribution is -2.56. The fourth-order valence-corrected chi connectivity index (χ4v) is 2.18. The molecule has 1 aliphatic carbocycles. The van der Waals surface area contributed by atoms with Crippen LogP contribution in [0.25, 0.3) is 0 Å². The van der Waals surface area contributed by atoms with Gasteiger partial charge in [-0.25, -0.2) is 0 Å². The number of para-hydroxylation sites is 1. The molecule has 1 aromatic carbocycles. The van der Waals surface area contributed by atoms with Crippen LogP contribution in [0.4, 0.5) is 0 Å². The molecule has 104 valence electrons. The predicted octanol–water partition coefficient (Wildman–Crippen LogP) is 1.70. The maximum atomic E-state index is 12.2. The highest BCUT2D eigenvalue weighted by molar-refractivity contribution is 5.81. The Bertz CT molecular complexity index is 431. The number of hydrogen-bond acceptors (Lipinski definition) is 3. The number of ether oxygens (including phenoxy) is 1. The highest BCUT2D eigenvalue weighted by Crippen LogP contribution is 2.39. The molecule has 0 spiro atoms. The molecule has 0 aromatic heterocycles. The number of amides is 1. The number of carbonyl (C=O) groups excluding carboxylic acids is 1. The molecule has 2 rings (SSSR count). The van der Waals surface area contributed by atoms with Crippen LogP contribution in [-0.4, -0.2) is 24.1 Å². The van der Waals surface area contributed by atoms with Crippen LogP contribution in [0, 0.1) is 5.92 Å². The minimum atomic E-state index is -0.521. The van der Waals surface area contributed by atoms with E-state index in [4.69, 9.17) is 10.5 Å². The highest BCUT2D eigenvalue weighted by Gasteiger charge is 2.42. The molecule has 4 nitrogen and oxygen atoms in total. The molecule has 0 bridgehead atoms. The second-order valence-electron chi connectivity index (χ2n) is 5.46. The smallest absolute Gasteiger partial charge is 0.261 e. The largest absolute Gasteiger partial charge is 0.481 e. The van der Waals surface area contributed by atoms with E-state index in [0.717, 1.165) is 12.8 Å². The Morgan fingerprint density at radius 1 is 1.47 bits per heavy atom. The van der Waals surface area contributed by atoms with Gasteiger partial charge in [-0.15, -0.1) is 0 Å². The first-order valence-electron chi connectivity index (χ1n) is 6.79. The van der Waals surface area contributed by atoms with Crippen LogP contribution in [0.5, 0.6) is 5.75 Å². The van der Waals surface area contributed by atoms with Gasteiger partial charge >= 0.3 is 0 Å². The summed E-state index contributed by atoms with van der Waals surface area (Å²) in [5, 5.41) is 3.04. The van der Waals surface area contributed by atoms with Crippen molar-refractivity contribution in [3.63, 3.8) is 0 Å². The van der Waals surface area contributed by atoms with Crippen LogP contribution in [0.1, 0.15) is 26.7 Å². The summed E-state index contributed by atoms with van der Waals surface area (Å²) in [5.41, 5.74) is 5.49. The Morgan fingerprint density at radius 3 is 2.63 bits per heavy atom. The molecule has 3 N–H and O–H groups in total. The summed E-state index contributed by atoms with van der Waals surface area (Å²) < 4.78 is 5.61. The molecule has 1 saturated carbocycles. The lowest BCUT2D eigenvalue weighted by Gasteiger charge is -2.30. The van der Waals surface area contributed by atoms with Crippen molar-refractivity contribution in [2.75, 3.05) is 6.54 Å². The normalized spacial score (nSPS) is 19.3. The summed E-state index contributed by atoms with van der Waals surface area (Å²) >= 11 is 0. The zero-order chi connectivity index (χ0) is 13.9. The summed E-state index contributed by atoms with van der Waals surface area (Å²) in [4.78, 5) is 12.2. The molecule has 19 heavy (non-hydrogen) atoms. The van der Waals surface area contributed by atoms with Crippen molar-refractivity contribution in [3.05, 3.63) is 30.3 Å². The molecule has 0 radical (unpaired) electrons. The van der Waals surface area contributed by atoms with Gasteiger partial charge in [0.15, 0.2) is 6.10 Å². The van der Waals surface area contributed by atoms with Gasteiger partial charge in [0.25, 0.3) is 5.91 Å². The third-order valence-corrected chi connectivity index (χ3v) is 3.74. The molecule has 4 heteroatoms. The average molecular weight is 262 g/mol. The minimum Gasteiger partial charge on any atom is -0.481 e. The van der Waals surface area contributed by atoms with E-state index in [9.17, 15) is 4.79 Å². The number of carbonyl (C=O) groups is 1. The van der Waals surface area contributed by atoms with Crippen molar-refractivity contribution in [1.29, 1.82) is 0 Å². The monoisotopic (exact) mass is 262 g/mol. The third kappa shape index (κ3) is 3.47. The van der Waals surface area contributed by atoms with E-state index in [1.807, 2.05) is 37.3 Å². The second-order valence-corrected chi connectivity index (χ2v) is 5.46. The number of rotatable bonds is 6. The predicted molar refractivity (Wildman–Crippen MR) is 74.9 cm³/mol. The summed E-state index contributed by atoms with van der Waals surface area (Å²) in [6, 6.07) is 9.36. The van der Waals surface area contributed by atoms with Crippen molar-refractivity contribution in [2.45, 2.75) is 38.3 Å². The third-order valence-electron chi connectivity index (χ3n) is 3.74. The fourth-order valence-electron chi connectivity index (χ4n) is 2.18. The Kier molecular flexibility index (Phi) is 4.10. The van der Waals surface area contributed by atoms with Crippen molar-refractivity contribution < 1.29 is 9.53 Å². The van der Waals surface area contributed by atoms with Crippen LogP contribution in [0.3, 0.4) is 0 Å². The van der Waals surface area contributed by atoms with Crippen LogP contribution in [0.15, 0.2) is 30.3 Å². The van der Waals surface area contributed by atoms with E-state index < -0.39 is 6.10 Å². The van der Waals surface area contributed by atoms with E-state index in [2.05, 4.69) is 5.32 Å². The lowest BCUT2D eigenvalue weighted by atomic mass is 9.95. The Labute approximate surface area is 114 Å². The van der Waals surface area contributed by atoms with Crippen LogP contribution in [0.2, 0.25) is 0 Å². The van der Waals surface area contributed by atoms with E-state index >= 15 is 0 Å². The maximum absolute atomic E-state index is 12.2. The first kappa shape index (κ1) is 13.9. The van der Waals surface area contributed by atoms with Crippen molar-refractivity contribution in [3.8, 4) is 5.75 Å². The zero-order valence-corrected chi connectivity index (χ0v) is 11.6. The van der Waals surface area contributed by atoms with Gasteiger partial charge in [0.2, 0.25) is 0 Å². The van der Waals surface area contributed by atoms with Gasteiger partial charge in [-0.1, -0.05) is 18.2 Å². The molecule has 0 aliphatic heterocycles. The average Bonchev–Trinajstić information content (AvgIpc) is 3.24. The van der Waals surface area contributed by atoms with Crippen LogP contribution < -0.4 is 15.8 Å². The minimum absolute atomic E-state index is 0.108. The second kappa shape index (κ2) is 5.61. The van der Waals surface area contributed by atoms with Gasteiger partial charge in [0, 0.05) is 6.54 Å². The van der Waals surface area contributed by atoms with Crippen LogP contribution in [-0.2, 0) is 4.79 Å². The quantitative estimate of drug-likeness (QED) is 0.820. The zero-order valence-electron chi connectivity index (χ0n) is 11.6. The summed E-state index contributed by atoms with van der Waals surface area (Å²) in [6.45, 7) is 4.23. The van der Waals surface area contributed by atoms with Crippen molar-refractivity contribution >= 4 is 5.91 Å². The van der Waals surface area contributed by atoms with Gasteiger partial charge in [0.05, 0.1) is 5.54 Å². The molecule has 2 unspecified atom stereocenters. The standard InChI is InChI=1S/C15H22N2O2/c1-11(19-13-6-4-3-5-7-13)14(18)17-15(2,10-16)12-8-9-12/h3-7,11-12H,8-10,16H2,1-2H3,(H,17,18). The number of hydrogen-bond donors (Lipinski definition) is 2. The highest BCUT2D eigenvalue weighted by atomic mass is 16.5. The summed E-state index contributed by atoms with van der Waals surface area (Å²) in [7, 11) is 0. The van der Waals surface area contributed by atoms with Gasteiger partial charge in [-0.05, 0) is 44.7 Å². The van der Waals surface area contributed by atoms with Gasteiger partial charge in [-0.3, -0.25) is 4.79 Å². The number of benzene rings is 1. The molecule has 1 amide bonds. The Balaban J connectivity index is 1.92. The number of nitrogens with one attached hydrogen (secondary N) is 1. The molecule has 2 atom stereocenters. The van der Waals surface area contributed by atoms with Gasteiger partial charge < -0.3 is 15.8 Å². The first-order valence-corrected chi connectivity index (χ1v) is 6.79. The van der Waals surface area contributed by atoms with E-state index in [1.54, 1.807) is 6.92 Å². The van der Waals surface area contributed by atoms with Gasteiger partial charge in [-0.2, -0.15) is 0 Å².